The first-order valence-electron chi connectivity index (χ1n) is 9.69. The van der Waals surface area contributed by atoms with Crippen LogP contribution in [0.5, 0.6) is 17.2 Å². The number of fused-ring (bicyclic) bond motifs is 1. The Hall–Kier alpha value is -2.99. The molecule has 0 spiro atoms. The van der Waals surface area contributed by atoms with E-state index in [9.17, 15) is 0 Å². The Bertz CT molecular complexity index is 925. The lowest BCUT2D eigenvalue weighted by atomic mass is 10.1. The molecule has 1 fully saturated rings. The first kappa shape index (κ1) is 17.1. The van der Waals surface area contributed by atoms with Crippen molar-refractivity contribution in [3.63, 3.8) is 0 Å². The quantitative estimate of drug-likeness (QED) is 0.656. The van der Waals surface area contributed by atoms with Crippen molar-refractivity contribution in [2.45, 2.75) is 25.4 Å². The van der Waals surface area contributed by atoms with Crippen LogP contribution >= 0.6 is 0 Å². The summed E-state index contributed by atoms with van der Waals surface area (Å²) in [5.41, 5.74) is 2.33. The number of nitrogens with zero attached hydrogens (tertiary/aromatic N) is 3. The zero-order chi connectivity index (χ0) is 18.8. The molecule has 2 aromatic carbocycles. The summed E-state index contributed by atoms with van der Waals surface area (Å²) in [6.45, 7) is 3.03. The van der Waals surface area contributed by atoms with Crippen molar-refractivity contribution in [3.05, 3.63) is 66.7 Å². The van der Waals surface area contributed by atoms with E-state index in [4.69, 9.17) is 14.2 Å². The number of rotatable bonds is 6. The Kier molecular flexibility index (Phi) is 4.62. The average Bonchev–Trinajstić information content (AvgIpc) is 3.48. The van der Waals surface area contributed by atoms with Gasteiger partial charge < -0.3 is 18.8 Å². The van der Waals surface area contributed by atoms with Crippen LogP contribution in [0.4, 0.5) is 0 Å². The van der Waals surface area contributed by atoms with Gasteiger partial charge in [0.15, 0.2) is 11.5 Å². The SMILES string of the molecule is c1cn(-c2ccc(OC[C@H]3CCCN3Cc3ccc4c(c3)OCO4)cc2)cn1. The van der Waals surface area contributed by atoms with Crippen molar-refractivity contribution in [1.29, 1.82) is 0 Å². The predicted molar refractivity (Wildman–Crippen MR) is 105 cm³/mol. The van der Waals surface area contributed by atoms with Crippen LogP contribution < -0.4 is 14.2 Å². The number of likely N-dealkylation sites (tertiary alicyclic amines) is 1. The fourth-order valence-corrected chi connectivity index (χ4v) is 3.88. The van der Waals surface area contributed by atoms with Crippen LogP contribution in [0, 0.1) is 0 Å². The lowest BCUT2D eigenvalue weighted by Crippen LogP contribution is -2.33. The summed E-state index contributed by atoms with van der Waals surface area (Å²) >= 11 is 0. The van der Waals surface area contributed by atoms with E-state index in [2.05, 4.69) is 34.1 Å². The second-order valence-corrected chi connectivity index (χ2v) is 7.23. The molecule has 0 aliphatic carbocycles. The molecule has 1 saturated heterocycles. The number of hydrogen-bond acceptors (Lipinski definition) is 5. The fraction of sp³-hybridized carbons (Fsp3) is 0.318. The Labute approximate surface area is 164 Å². The molecule has 3 aromatic rings. The van der Waals surface area contributed by atoms with E-state index in [-0.39, 0.29) is 0 Å². The Morgan fingerprint density at radius 2 is 1.96 bits per heavy atom. The Balaban J connectivity index is 1.19. The van der Waals surface area contributed by atoms with E-state index in [1.807, 2.05) is 29.0 Å². The number of benzene rings is 2. The summed E-state index contributed by atoms with van der Waals surface area (Å²) in [6.07, 6.45) is 7.87. The van der Waals surface area contributed by atoms with Crippen molar-refractivity contribution in [2.24, 2.45) is 0 Å². The van der Waals surface area contributed by atoms with Crippen molar-refractivity contribution in [1.82, 2.24) is 14.5 Å². The number of ether oxygens (including phenoxy) is 3. The molecule has 0 amide bonds. The van der Waals surface area contributed by atoms with Crippen molar-refractivity contribution in [2.75, 3.05) is 19.9 Å². The molecule has 3 heterocycles. The van der Waals surface area contributed by atoms with Crippen LogP contribution in [0.2, 0.25) is 0 Å². The zero-order valence-corrected chi connectivity index (χ0v) is 15.7. The topological polar surface area (TPSA) is 48.8 Å². The summed E-state index contributed by atoms with van der Waals surface area (Å²) in [6, 6.07) is 14.8. The van der Waals surface area contributed by atoms with Gasteiger partial charge in [0.05, 0.1) is 6.33 Å². The molecule has 2 aliphatic heterocycles. The molecule has 6 heteroatoms. The van der Waals surface area contributed by atoms with E-state index < -0.39 is 0 Å². The van der Waals surface area contributed by atoms with Gasteiger partial charge in [-0.3, -0.25) is 4.90 Å². The van der Waals surface area contributed by atoms with Crippen LogP contribution in [0.15, 0.2) is 61.2 Å². The third-order valence-corrected chi connectivity index (χ3v) is 5.40. The van der Waals surface area contributed by atoms with Gasteiger partial charge in [0.25, 0.3) is 0 Å². The lowest BCUT2D eigenvalue weighted by Gasteiger charge is -2.24. The molecular weight excluding hydrogens is 354 g/mol. The summed E-state index contributed by atoms with van der Waals surface area (Å²) in [5, 5.41) is 0. The number of aromatic nitrogens is 2. The van der Waals surface area contributed by atoms with Crippen molar-refractivity contribution in [3.8, 4) is 22.9 Å². The van der Waals surface area contributed by atoms with Crippen LogP contribution in [0.25, 0.3) is 5.69 Å². The molecule has 0 radical (unpaired) electrons. The standard InChI is InChI=1S/C22H23N3O3/c1-2-19(14-26-20-6-4-18(5-7-20)25-11-9-23-15-25)24(10-1)13-17-3-8-21-22(12-17)28-16-27-21/h3-9,11-12,15,19H,1-2,10,13-14,16H2/t19-/m1/s1. The molecule has 1 atom stereocenters. The predicted octanol–water partition coefficient (Wildman–Crippen LogP) is 3.64. The van der Waals surface area contributed by atoms with Gasteiger partial charge in [-0.25, -0.2) is 4.98 Å². The van der Waals surface area contributed by atoms with Crippen molar-refractivity contribution >= 4 is 0 Å². The molecule has 1 aromatic heterocycles. The molecule has 0 bridgehead atoms. The zero-order valence-electron chi connectivity index (χ0n) is 15.7. The van der Waals surface area contributed by atoms with Crippen LogP contribution in [-0.4, -0.2) is 40.4 Å². The van der Waals surface area contributed by atoms with Gasteiger partial charge in [0.1, 0.15) is 12.4 Å². The molecule has 2 aliphatic rings. The average molecular weight is 377 g/mol. The van der Waals surface area contributed by atoms with Gasteiger partial charge >= 0.3 is 0 Å². The van der Waals surface area contributed by atoms with E-state index in [0.717, 1.165) is 42.4 Å². The maximum Gasteiger partial charge on any atom is 0.231 e. The van der Waals surface area contributed by atoms with Gasteiger partial charge in [-0.05, 0) is 61.3 Å². The first-order chi connectivity index (χ1) is 13.8. The highest BCUT2D eigenvalue weighted by atomic mass is 16.7. The first-order valence-corrected chi connectivity index (χ1v) is 9.69. The van der Waals surface area contributed by atoms with Gasteiger partial charge in [-0.2, -0.15) is 0 Å². The van der Waals surface area contributed by atoms with Crippen LogP contribution in [0.3, 0.4) is 0 Å². The number of imidazole rings is 1. The molecule has 5 rings (SSSR count). The Morgan fingerprint density at radius 3 is 2.82 bits per heavy atom. The van der Waals surface area contributed by atoms with E-state index in [1.165, 1.54) is 12.0 Å². The highest BCUT2D eigenvalue weighted by Crippen LogP contribution is 2.33. The molecule has 6 nitrogen and oxygen atoms in total. The summed E-state index contributed by atoms with van der Waals surface area (Å²) < 4.78 is 19.0. The number of hydrogen-bond donors (Lipinski definition) is 0. The smallest absolute Gasteiger partial charge is 0.231 e. The van der Waals surface area contributed by atoms with Crippen LogP contribution in [-0.2, 0) is 6.54 Å². The fourth-order valence-electron chi connectivity index (χ4n) is 3.88. The van der Waals surface area contributed by atoms with E-state index in [0.29, 0.717) is 19.4 Å². The second kappa shape index (κ2) is 7.56. The molecule has 0 saturated carbocycles. The monoisotopic (exact) mass is 377 g/mol. The molecular formula is C22H23N3O3. The molecule has 0 unspecified atom stereocenters. The highest BCUT2D eigenvalue weighted by Gasteiger charge is 2.25. The summed E-state index contributed by atoms with van der Waals surface area (Å²) in [4.78, 5) is 6.58. The third kappa shape index (κ3) is 3.55. The van der Waals surface area contributed by atoms with Gasteiger partial charge in [-0.15, -0.1) is 0 Å². The third-order valence-electron chi connectivity index (χ3n) is 5.40. The summed E-state index contributed by atoms with van der Waals surface area (Å²) in [7, 11) is 0. The molecule has 144 valence electrons. The molecule has 0 N–H and O–H groups in total. The second-order valence-electron chi connectivity index (χ2n) is 7.23. The highest BCUT2D eigenvalue weighted by molar-refractivity contribution is 5.44. The van der Waals surface area contributed by atoms with Crippen LogP contribution in [0.1, 0.15) is 18.4 Å². The van der Waals surface area contributed by atoms with Gasteiger partial charge in [0, 0.05) is 30.7 Å². The largest absolute Gasteiger partial charge is 0.492 e. The normalized spacial score (nSPS) is 18.5. The minimum atomic E-state index is 0.318. The minimum Gasteiger partial charge on any atom is -0.492 e. The van der Waals surface area contributed by atoms with Crippen molar-refractivity contribution < 1.29 is 14.2 Å². The summed E-state index contributed by atoms with van der Waals surface area (Å²) in [5.74, 6) is 2.59. The van der Waals surface area contributed by atoms with Gasteiger partial charge in [0.2, 0.25) is 6.79 Å². The van der Waals surface area contributed by atoms with Gasteiger partial charge in [-0.1, -0.05) is 6.07 Å². The maximum atomic E-state index is 6.09. The lowest BCUT2D eigenvalue weighted by molar-refractivity contribution is 0.166. The Morgan fingerprint density at radius 1 is 1.07 bits per heavy atom. The minimum absolute atomic E-state index is 0.318. The van der Waals surface area contributed by atoms with E-state index >= 15 is 0 Å². The maximum absolute atomic E-state index is 6.09. The van der Waals surface area contributed by atoms with E-state index in [1.54, 1.807) is 12.5 Å². The molecule has 28 heavy (non-hydrogen) atoms.